The summed E-state index contributed by atoms with van der Waals surface area (Å²) < 4.78 is 0. The quantitative estimate of drug-likeness (QED) is 0.838. The van der Waals surface area contributed by atoms with Gasteiger partial charge in [-0.15, -0.1) is 0 Å². The maximum atomic E-state index is 12.2. The van der Waals surface area contributed by atoms with Crippen molar-refractivity contribution in [2.75, 3.05) is 18.5 Å². The van der Waals surface area contributed by atoms with Crippen molar-refractivity contribution in [3.8, 4) is 0 Å². The second-order valence-corrected chi connectivity index (χ2v) is 7.45. The number of carbonyl (C=O) groups excluding carboxylic acids is 2. The number of hydrogen-bond donors (Lipinski definition) is 0. The lowest BCUT2D eigenvalue weighted by atomic mass is 9.76. The van der Waals surface area contributed by atoms with E-state index in [1.165, 1.54) is 0 Å². The van der Waals surface area contributed by atoms with E-state index in [9.17, 15) is 9.59 Å². The smallest absolute Gasteiger partial charge is 0.243 e. The zero-order valence-corrected chi connectivity index (χ0v) is 15.1. The number of rotatable bonds is 2. The largest absolute Gasteiger partial charge is 0.315 e. The van der Waals surface area contributed by atoms with Crippen LogP contribution in [-0.4, -0.2) is 36.1 Å². The summed E-state index contributed by atoms with van der Waals surface area (Å²) in [6.07, 6.45) is 0.993. The number of hydrogen-bond acceptors (Lipinski definition) is 3. The summed E-state index contributed by atoms with van der Waals surface area (Å²) in [4.78, 5) is 25.9. The van der Waals surface area contributed by atoms with E-state index in [0.29, 0.717) is 19.4 Å². The van der Waals surface area contributed by atoms with E-state index in [2.05, 4.69) is 25.0 Å². The summed E-state index contributed by atoms with van der Waals surface area (Å²) in [6.45, 7) is 8.78. The number of anilines is 1. The summed E-state index contributed by atoms with van der Waals surface area (Å²) >= 11 is 0. The Kier molecular flexibility index (Phi) is 3.98. The molecule has 0 radical (unpaired) electrons. The van der Waals surface area contributed by atoms with E-state index < -0.39 is 0 Å². The third-order valence-electron chi connectivity index (χ3n) is 5.11. The van der Waals surface area contributed by atoms with Gasteiger partial charge >= 0.3 is 0 Å². The van der Waals surface area contributed by atoms with Gasteiger partial charge in [-0.2, -0.15) is 5.10 Å². The number of nitrogens with zero attached hydrogens (tertiary/aromatic N) is 3. The fraction of sp³-hybridized carbons (Fsp3) is 0.526. The van der Waals surface area contributed by atoms with Crippen LogP contribution in [0, 0.1) is 5.92 Å². The average Bonchev–Trinajstić information content (AvgIpc) is 2.52. The van der Waals surface area contributed by atoms with Gasteiger partial charge in [0.15, 0.2) is 0 Å². The molecule has 0 saturated heterocycles. The first-order valence-corrected chi connectivity index (χ1v) is 8.55. The van der Waals surface area contributed by atoms with E-state index in [4.69, 9.17) is 0 Å². The average molecular weight is 327 g/mol. The Bertz CT molecular complexity index is 736. The van der Waals surface area contributed by atoms with Gasteiger partial charge in [0.2, 0.25) is 11.8 Å². The van der Waals surface area contributed by atoms with Crippen molar-refractivity contribution < 1.29 is 9.59 Å². The minimum absolute atomic E-state index is 0.0809. The van der Waals surface area contributed by atoms with Crippen molar-refractivity contribution in [2.24, 2.45) is 11.0 Å². The zero-order chi connectivity index (χ0) is 17.6. The van der Waals surface area contributed by atoms with Crippen LogP contribution in [0.25, 0.3) is 0 Å². The van der Waals surface area contributed by atoms with E-state index in [1.54, 1.807) is 9.91 Å². The maximum Gasteiger partial charge on any atom is 0.243 e. The highest BCUT2D eigenvalue weighted by atomic mass is 16.2. The highest BCUT2D eigenvalue weighted by Crippen LogP contribution is 2.40. The second kappa shape index (κ2) is 5.72. The summed E-state index contributed by atoms with van der Waals surface area (Å²) in [6, 6.07) is 6.17. The molecule has 0 fully saturated rings. The number of carbonyl (C=O) groups is 2. The first-order valence-electron chi connectivity index (χ1n) is 8.55. The molecule has 24 heavy (non-hydrogen) atoms. The molecule has 5 heteroatoms. The standard InChI is InChI=1S/C19H25N3O2/c1-6-22-16(23)9-12(2)18(20-22)13-7-8-15-14(10-13)19(3,4)11-17(24)21(15)5/h7-8,10,12H,6,9,11H2,1-5H3. The van der Waals surface area contributed by atoms with Crippen molar-refractivity contribution >= 4 is 23.2 Å². The first-order chi connectivity index (χ1) is 11.2. The van der Waals surface area contributed by atoms with Gasteiger partial charge in [0.25, 0.3) is 0 Å². The molecule has 0 bridgehead atoms. The first kappa shape index (κ1) is 16.7. The van der Waals surface area contributed by atoms with E-state index in [0.717, 1.165) is 22.5 Å². The molecule has 0 saturated carbocycles. The van der Waals surface area contributed by atoms with Gasteiger partial charge in [-0.25, -0.2) is 5.01 Å². The van der Waals surface area contributed by atoms with Crippen molar-refractivity contribution in [1.29, 1.82) is 0 Å². The van der Waals surface area contributed by atoms with Gasteiger partial charge in [0.05, 0.1) is 5.71 Å². The molecule has 2 aliphatic heterocycles. The fourth-order valence-electron chi connectivity index (χ4n) is 3.59. The molecule has 2 heterocycles. The Morgan fingerprint density at radius 2 is 1.96 bits per heavy atom. The summed E-state index contributed by atoms with van der Waals surface area (Å²) in [5.41, 5.74) is 3.93. The zero-order valence-electron chi connectivity index (χ0n) is 15.1. The van der Waals surface area contributed by atoms with Crippen LogP contribution in [0.4, 0.5) is 5.69 Å². The lowest BCUT2D eigenvalue weighted by molar-refractivity contribution is -0.132. The topological polar surface area (TPSA) is 53.0 Å². The van der Waals surface area contributed by atoms with Gasteiger partial charge in [-0.3, -0.25) is 9.59 Å². The van der Waals surface area contributed by atoms with Gasteiger partial charge in [-0.1, -0.05) is 26.8 Å². The molecule has 1 aromatic carbocycles. The monoisotopic (exact) mass is 327 g/mol. The van der Waals surface area contributed by atoms with Crippen LogP contribution >= 0.6 is 0 Å². The lowest BCUT2D eigenvalue weighted by Crippen LogP contribution is -2.40. The number of amides is 2. The molecular weight excluding hydrogens is 302 g/mol. The highest BCUT2D eigenvalue weighted by Gasteiger charge is 2.36. The Morgan fingerprint density at radius 1 is 1.25 bits per heavy atom. The molecular formula is C19H25N3O2. The predicted molar refractivity (Wildman–Crippen MR) is 95.2 cm³/mol. The Labute approximate surface area is 143 Å². The minimum atomic E-state index is -0.201. The van der Waals surface area contributed by atoms with Gasteiger partial charge in [0, 0.05) is 43.5 Å². The van der Waals surface area contributed by atoms with Crippen LogP contribution in [0.5, 0.6) is 0 Å². The van der Waals surface area contributed by atoms with E-state index in [-0.39, 0.29) is 23.1 Å². The molecule has 3 rings (SSSR count). The number of fused-ring (bicyclic) bond motifs is 1. The third-order valence-corrected chi connectivity index (χ3v) is 5.11. The summed E-state index contributed by atoms with van der Waals surface area (Å²) in [5, 5.41) is 6.13. The van der Waals surface area contributed by atoms with E-state index >= 15 is 0 Å². The molecule has 2 aliphatic rings. The van der Waals surface area contributed by atoms with Crippen molar-refractivity contribution in [3.63, 3.8) is 0 Å². The molecule has 2 amide bonds. The maximum absolute atomic E-state index is 12.2. The molecule has 5 nitrogen and oxygen atoms in total. The van der Waals surface area contributed by atoms with E-state index in [1.807, 2.05) is 33.0 Å². The third kappa shape index (κ3) is 2.62. The molecule has 128 valence electrons. The van der Waals surface area contributed by atoms with Gasteiger partial charge in [0.1, 0.15) is 0 Å². The molecule has 1 unspecified atom stereocenters. The summed E-state index contributed by atoms with van der Waals surface area (Å²) in [7, 11) is 1.83. The van der Waals surface area contributed by atoms with Crippen LogP contribution in [-0.2, 0) is 15.0 Å². The van der Waals surface area contributed by atoms with Crippen LogP contribution < -0.4 is 4.90 Å². The SMILES string of the molecule is CCN1N=C(c2ccc3c(c2)C(C)(C)CC(=O)N3C)C(C)CC1=O. The molecule has 1 atom stereocenters. The lowest BCUT2D eigenvalue weighted by Gasteiger charge is -2.37. The fourth-order valence-corrected chi connectivity index (χ4v) is 3.59. The number of hydrazone groups is 1. The van der Waals surface area contributed by atoms with Crippen molar-refractivity contribution in [2.45, 2.75) is 46.0 Å². The van der Waals surface area contributed by atoms with Gasteiger partial charge < -0.3 is 4.90 Å². The van der Waals surface area contributed by atoms with Crippen LogP contribution in [0.2, 0.25) is 0 Å². The van der Waals surface area contributed by atoms with Crippen LogP contribution in [0.1, 0.15) is 51.7 Å². The minimum Gasteiger partial charge on any atom is -0.315 e. The predicted octanol–water partition coefficient (Wildman–Crippen LogP) is 2.92. The molecule has 0 N–H and O–H groups in total. The van der Waals surface area contributed by atoms with Crippen LogP contribution in [0.15, 0.2) is 23.3 Å². The molecule has 0 aliphatic carbocycles. The Hall–Kier alpha value is -2.17. The van der Waals surface area contributed by atoms with Gasteiger partial charge in [-0.05, 0) is 30.2 Å². The van der Waals surface area contributed by atoms with Crippen molar-refractivity contribution in [1.82, 2.24) is 5.01 Å². The Morgan fingerprint density at radius 3 is 2.62 bits per heavy atom. The van der Waals surface area contributed by atoms with Crippen LogP contribution in [0.3, 0.4) is 0 Å². The van der Waals surface area contributed by atoms with Crippen molar-refractivity contribution in [3.05, 3.63) is 29.3 Å². The molecule has 1 aromatic rings. The second-order valence-electron chi connectivity index (χ2n) is 7.45. The normalized spacial score (nSPS) is 23.2. The Balaban J connectivity index is 2.09. The summed E-state index contributed by atoms with van der Waals surface area (Å²) in [5.74, 6) is 0.327. The highest BCUT2D eigenvalue weighted by molar-refractivity contribution is 6.07. The molecule has 0 spiro atoms. The number of benzene rings is 1. The molecule has 0 aromatic heterocycles.